The van der Waals surface area contributed by atoms with Crippen LogP contribution in [0.25, 0.3) is 0 Å². The topological polar surface area (TPSA) is 36.9 Å². The Hall–Kier alpha value is -2.93. The largest absolute Gasteiger partial charge is 0.410 e. The van der Waals surface area contributed by atoms with Crippen LogP contribution in [0.15, 0.2) is 146 Å². The molecule has 4 aromatic rings. The molecular formula is C30H32O4Si4. The van der Waals surface area contributed by atoms with Crippen LogP contribution in [0, 0.1) is 0 Å². The van der Waals surface area contributed by atoms with Crippen molar-refractivity contribution in [1.82, 2.24) is 0 Å². The Morgan fingerprint density at radius 2 is 0.684 bits per heavy atom. The van der Waals surface area contributed by atoms with E-state index < -0.39 is 34.2 Å². The summed E-state index contributed by atoms with van der Waals surface area (Å²) in [6.07, 6.45) is 0. The number of benzene rings is 4. The van der Waals surface area contributed by atoms with Crippen LogP contribution in [0.1, 0.15) is 0 Å². The Balaban J connectivity index is 1.89. The normalized spacial score (nSPS) is 24.5. The summed E-state index contributed by atoms with van der Waals surface area (Å²) in [4.78, 5) is 0. The Labute approximate surface area is 229 Å². The van der Waals surface area contributed by atoms with E-state index in [1.807, 2.05) is 97.3 Å². The van der Waals surface area contributed by atoms with Gasteiger partial charge in [0.2, 0.25) is 0 Å². The zero-order valence-electron chi connectivity index (χ0n) is 21.7. The van der Waals surface area contributed by atoms with Crippen molar-refractivity contribution in [3.05, 3.63) is 146 Å². The minimum Gasteiger partial charge on any atom is -0.410 e. The van der Waals surface area contributed by atoms with Crippen LogP contribution in [0.2, 0.25) is 13.1 Å². The van der Waals surface area contributed by atoms with Gasteiger partial charge in [-0.15, -0.1) is 13.2 Å². The predicted octanol–water partition coefficient (Wildman–Crippen LogP) is 4.17. The molecule has 2 atom stereocenters. The molecule has 0 amide bonds. The fourth-order valence-electron chi connectivity index (χ4n) is 4.86. The minimum atomic E-state index is -3.46. The van der Waals surface area contributed by atoms with Gasteiger partial charge in [-0.05, 0) is 33.8 Å². The van der Waals surface area contributed by atoms with Crippen molar-refractivity contribution in [2.75, 3.05) is 0 Å². The molecule has 0 spiro atoms. The average Bonchev–Trinajstić information content (AvgIpc) is 2.97. The Morgan fingerprint density at radius 1 is 0.421 bits per heavy atom. The van der Waals surface area contributed by atoms with Crippen molar-refractivity contribution in [3.63, 3.8) is 0 Å². The van der Waals surface area contributed by atoms with E-state index in [9.17, 15) is 0 Å². The summed E-state index contributed by atoms with van der Waals surface area (Å²) in [7, 11) is -13.0. The molecule has 0 aliphatic carbocycles. The molecule has 5 rings (SSSR count). The summed E-state index contributed by atoms with van der Waals surface area (Å²) < 4.78 is 29.4. The van der Waals surface area contributed by atoms with Crippen LogP contribution in [-0.2, 0) is 16.5 Å². The van der Waals surface area contributed by atoms with Crippen LogP contribution < -0.4 is 20.7 Å². The van der Waals surface area contributed by atoms with Gasteiger partial charge in [0.05, 0.1) is 0 Å². The molecule has 4 aromatic carbocycles. The third-order valence-electron chi connectivity index (χ3n) is 6.74. The SMILES string of the molecule is C=C[Si]1(C)O[Si](C)(C=C)O[Si](c2ccccc2)(c2ccccc2)O[Si](c2ccccc2)(c2ccccc2)O1. The molecule has 4 nitrogen and oxygen atoms in total. The molecule has 38 heavy (non-hydrogen) atoms. The van der Waals surface area contributed by atoms with Gasteiger partial charge in [0.1, 0.15) is 0 Å². The lowest BCUT2D eigenvalue weighted by molar-refractivity contribution is 0.259. The molecule has 1 fully saturated rings. The first-order valence-electron chi connectivity index (χ1n) is 12.7. The summed E-state index contributed by atoms with van der Waals surface area (Å²) in [5, 5.41) is 3.97. The van der Waals surface area contributed by atoms with Gasteiger partial charge in [0, 0.05) is 0 Å². The van der Waals surface area contributed by atoms with E-state index in [-0.39, 0.29) is 0 Å². The van der Waals surface area contributed by atoms with E-state index in [1.165, 1.54) is 0 Å². The van der Waals surface area contributed by atoms with Gasteiger partial charge in [-0.1, -0.05) is 133 Å². The van der Waals surface area contributed by atoms with Crippen molar-refractivity contribution in [1.29, 1.82) is 0 Å². The third-order valence-corrected chi connectivity index (χ3v) is 23.7. The molecule has 1 heterocycles. The Bertz CT molecular complexity index is 1200. The first kappa shape index (κ1) is 26.7. The van der Waals surface area contributed by atoms with E-state index in [0.717, 1.165) is 20.7 Å². The second-order valence-electron chi connectivity index (χ2n) is 9.55. The lowest BCUT2D eigenvalue weighted by Crippen LogP contribution is -2.81. The van der Waals surface area contributed by atoms with Gasteiger partial charge in [-0.3, -0.25) is 0 Å². The maximum Gasteiger partial charge on any atom is 0.390 e. The molecule has 1 saturated heterocycles. The summed E-state index contributed by atoms with van der Waals surface area (Å²) in [5.41, 5.74) is 3.67. The standard InChI is InChI=1S/C30H32O4Si4/c1-5-35(3)31-36(4,6-2)33-38(29-23-15-9-16-24-29,30-25-17-10-18-26-30)34-37(32-35,27-19-11-7-12-20-27)28-21-13-8-14-22-28/h5-26H,1-2H2,3-4H3. The highest BCUT2D eigenvalue weighted by Crippen LogP contribution is 2.32. The van der Waals surface area contributed by atoms with Gasteiger partial charge >= 0.3 is 34.2 Å². The van der Waals surface area contributed by atoms with Crippen molar-refractivity contribution in [3.8, 4) is 0 Å². The minimum absolute atomic E-state index is 0.992. The van der Waals surface area contributed by atoms with Gasteiger partial charge in [0.25, 0.3) is 0 Å². The fourth-order valence-corrected chi connectivity index (χ4v) is 24.7. The van der Waals surface area contributed by atoms with E-state index in [0.29, 0.717) is 0 Å². The predicted molar refractivity (Wildman–Crippen MR) is 164 cm³/mol. The first-order valence-corrected chi connectivity index (χ1v) is 21.1. The lowest BCUT2D eigenvalue weighted by atomic mass is 10.4. The molecule has 0 aromatic heterocycles. The summed E-state index contributed by atoms with van der Waals surface area (Å²) in [6.45, 7) is 12.4. The molecule has 0 saturated carbocycles. The third kappa shape index (κ3) is 4.93. The second kappa shape index (κ2) is 10.7. The maximum absolute atomic E-state index is 7.73. The molecule has 1 aliphatic rings. The van der Waals surface area contributed by atoms with Crippen molar-refractivity contribution in [2.45, 2.75) is 13.1 Å². The Kier molecular flexibility index (Phi) is 7.49. The highest BCUT2D eigenvalue weighted by atomic mass is 28.5. The lowest BCUT2D eigenvalue weighted by Gasteiger charge is -2.50. The highest BCUT2D eigenvalue weighted by Gasteiger charge is 2.62. The number of hydrogen-bond acceptors (Lipinski definition) is 4. The molecule has 2 unspecified atom stereocenters. The number of rotatable bonds is 6. The van der Waals surface area contributed by atoms with Crippen molar-refractivity contribution < 1.29 is 16.5 Å². The smallest absolute Gasteiger partial charge is 0.390 e. The molecule has 0 radical (unpaired) electrons. The Morgan fingerprint density at radius 3 is 0.921 bits per heavy atom. The highest BCUT2D eigenvalue weighted by molar-refractivity contribution is 7.10. The van der Waals surface area contributed by atoms with E-state index in [1.54, 1.807) is 0 Å². The fraction of sp³-hybridized carbons (Fsp3) is 0.0667. The molecule has 0 N–H and O–H groups in total. The quantitative estimate of drug-likeness (QED) is 0.327. The summed E-state index contributed by atoms with van der Waals surface area (Å²) >= 11 is 0. The van der Waals surface area contributed by atoms with Gasteiger partial charge in [-0.2, -0.15) is 0 Å². The first-order chi connectivity index (χ1) is 18.4. The molecular weight excluding hydrogens is 537 g/mol. The van der Waals surface area contributed by atoms with Gasteiger partial charge < -0.3 is 16.5 Å². The van der Waals surface area contributed by atoms with Crippen molar-refractivity contribution in [2.24, 2.45) is 0 Å². The van der Waals surface area contributed by atoms with Crippen LogP contribution >= 0.6 is 0 Å². The summed E-state index contributed by atoms with van der Waals surface area (Å²) in [6, 6.07) is 41.1. The van der Waals surface area contributed by atoms with Crippen molar-refractivity contribution >= 4 is 55.0 Å². The average molecular weight is 569 g/mol. The molecule has 192 valence electrons. The van der Waals surface area contributed by atoms with E-state index in [4.69, 9.17) is 16.5 Å². The van der Waals surface area contributed by atoms with Crippen LogP contribution in [-0.4, -0.2) is 34.2 Å². The maximum atomic E-state index is 7.73. The van der Waals surface area contributed by atoms with E-state index >= 15 is 0 Å². The van der Waals surface area contributed by atoms with Crippen LogP contribution in [0.4, 0.5) is 0 Å². The monoisotopic (exact) mass is 568 g/mol. The van der Waals surface area contributed by atoms with Gasteiger partial charge in [0.15, 0.2) is 0 Å². The molecule has 1 aliphatic heterocycles. The number of hydrogen-bond donors (Lipinski definition) is 0. The van der Waals surface area contributed by atoms with Crippen LogP contribution in [0.5, 0.6) is 0 Å². The summed E-state index contributed by atoms with van der Waals surface area (Å²) in [5.74, 6) is 0. The molecule has 0 bridgehead atoms. The van der Waals surface area contributed by atoms with Gasteiger partial charge in [-0.25, -0.2) is 0 Å². The van der Waals surface area contributed by atoms with Crippen LogP contribution in [0.3, 0.4) is 0 Å². The zero-order chi connectivity index (χ0) is 26.7. The molecule has 8 heteroatoms. The second-order valence-corrected chi connectivity index (χ2v) is 22.5. The zero-order valence-corrected chi connectivity index (χ0v) is 25.7. The van der Waals surface area contributed by atoms with E-state index in [2.05, 4.69) is 61.7 Å².